The van der Waals surface area contributed by atoms with Crippen LogP contribution in [0.3, 0.4) is 0 Å². The summed E-state index contributed by atoms with van der Waals surface area (Å²) in [5.74, 6) is -1.67. The normalized spacial score (nSPS) is 20.5. The zero-order valence-electron chi connectivity index (χ0n) is 12.4. The summed E-state index contributed by atoms with van der Waals surface area (Å²) in [4.78, 5) is -0.663. The number of phenolic OH excluding ortho intramolecular Hbond substituents is 1. The fourth-order valence-corrected chi connectivity index (χ4v) is 2.63. The van der Waals surface area contributed by atoms with E-state index >= 15 is 0 Å². The van der Waals surface area contributed by atoms with Gasteiger partial charge in [0.25, 0.3) is 0 Å². The van der Waals surface area contributed by atoms with E-state index in [1.807, 2.05) is 0 Å². The Morgan fingerprint density at radius 1 is 1.09 bits per heavy atom. The zero-order chi connectivity index (χ0) is 16.9. The predicted octanol–water partition coefficient (Wildman–Crippen LogP) is 3.44. The minimum atomic E-state index is -4.67. The summed E-state index contributed by atoms with van der Waals surface area (Å²) in [5.41, 5.74) is -6.44. The topological polar surface area (TPSA) is 38.7 Å². The molecule has 0 bridgehead atoms. The van der Waals surface area contributed by atoms with E-state index < -0.39 is 52.1 Å². The first-order valence-electron chi connectivity index (χ1n) is 6.46. The van der Waals surface area contributed by atoms with Crippen LogP contribution in [0.5, 0.6) is 5.75 Å². The number of thioether (sulfide) groups is 1. The number of halogens is 4. The molecule has 0 aromatic heterocycles. The number of alkyl halides is 3. The van der Waals surface area contributed by atoms with Gasteiger partial charge >= 0.3 is 12.6 Å². The van der Waals surface area contributed by atoms with E-state index in [0.29, 0.717) is 6.07 Å². The molecular formula is C13H15BF4O3S. The molecule has 1 aromatic carbocycles. The van der Waals surface area contributed by atoms with Gasteiger partial charge in [0, 0.05) is 11.5 Å². The lowest BCUT2D eigenvalue weighted by Gasteiger charge is -2.32. The van der Waals surface area contributed by atoms with Gasteiger partial charge in [0.2, 0.25) is 0 Å². The van der Waals surface area contributed by atoms with Gasteiger partial charge in [0.1, 0.15) is 11.6 Å². The lowest BCUT2D eigenvalue weighted by Crippen LogP contribution is -2.41. The van der Waals surface area contributed by atoms with E-state index in [2.05, 4.69) is 0 Å². The first-order chi connectivity index (χ1) is 9.82. The van der Waals surface area contributed by atoms with Crippen LogP contribution in [0.4, 0.5) is 17.6 Å². The third kappa shape index (κ3) is 3.36. The highest BCUT2D eigenvalue weighted by molar-refractivity contribution is 8.00. The third-order valence-corrected chi connectivity index (χ3v) is 4.65. The van der Waals surface area contributed by atoms with Crippen LogP contribution in [-0.2, 0) is 9.31 Å². The molecule has 3 nitrogen and oxygen atoms in total. The highest BCUT2D eigenvalue weighted by Crippen LogP contribution is 2.41. The molecule has 2 rings (SSSR count). The molecule has 1 heterocycles. The van der Waals surface area contributed by atoms with Gasteiger partial charge < -0.3 is 14.4 Å². The molecule has 1 aliphatic heterocycles. The number of benzene rings is 1. The number of hydrogen-bond acceptors (Lipinski definition) is 4. The molecule has 1 aromatic rings. The highest BCUT2D eigenvalue weighted by atomic mass is 32.2. The van der Waals surface area contributed by atoms with Crippen molar-refractivity contribution in [2.75, 3.05) is 0 Å². The van der Waals surface area contributed by atoms with Crippen LogP contribution in [0.25, 0.3) is 0 Å². The van der Waals surface area contributed by atoms with Crippen molar-refractivity contribution in [3.63, 3.8) is 0 Å². The van der Waals surface area contributed by atoms with Crippen molar-refractivity contribution >= 4 is 24.3 Å². The number of rotatable bonds is 2. The first-order valence-corrected chi connectivity index (χ1v) is 7.28. The molecule has 122 valence electrons. The average Bonchev–Trinajstić information content (AvgIpc) is 2.50. The van der Waals surface area contributed by atoms with E-state index in [0.717, 1.165) is 6.07 Å². The van der Waals surface area contributed by atoms with Gasteiger partial charge in [-0.2, -0.15) is 13.2 Å². The minimum absolute atomic E-state index is 0.182. The Labute approximate surface area is 130 Å². The average molecular weight is 338 g/mol. The Morgan fingerprint density at radius 2 is 1.59 bits per heavy atom. The fourth-order valence-electron chi connectivity index (χ4n) is 1.97. The van der Waals surface area contributed by atoms with Gasteiger partial charge in [0.05, 0.1) is 16.1 Å². The maximum atomic E-state index is 13.9. The van der Waals surface area contributed by atoms with E-state index in [1.54, 1.807) is 27.7 Å². The largest absolute Gasteiger partial charge is 0.508 e. The molecule has 0 atom stereocenters. The fraction of sp³-hybridized carbons (Fsp3) is 0.538. The van der Waals surface area contributed by atoms with Gasteiger partial charge in [-0.15, -0.1) is 0 Å². The SMILES string of the molecule is CC1(C)OB(c2cc(O)cc(F)c2SC(F)(F)F)OC1(C)C. The molecule has 0 radical (unpaired) electrons. The van der Waals surface area contributed by atoms with Crippen molar-refractivity contribution in [3.8, 4) is 5.75 Å². The van der Waals surface area contributed by atoms with Crippen molar-refractivity contribution in [1.29, 1.82) is 0 Å². The monoisotopic (exact) mass is 338 g/mol. The quantitative estimate of drug-likeness (QED) is 0.509. The van der Waals surface area contributed by atoms with Crippen LogP contribution < -0.4 is 5.46 Å². The van der Waals surface area contributed by atoms with E-state index in [9.17, 15) is 22.7 Å². The minimum Gasteiger partial charge on any atom is -0.508 e. The van der Waals surface area contributed by atoms with E-state index in [-0.39, 0.29) is 5.46 Å². The summed E-state index contributed by atoms with van der Waals surface area (Å²) >= 11 is -0.596. The van der Waals surface area contributed by atoms with E-state index in [1.165, 1.54) is 0 Å². The van der Waals surface area contributed by atoms with Gasteiger partial charge in [-0.3, -0.25) is 0 Å². The second-order valence-electron chi connectivity index (χ2n) is 5.98. The smallest absolute Gasteiger partial charge is 0.496 e. The summed E-state index contributed by atoms with van der Waals surface area (Å²) in [5, 5.41) is 9.50. The van der Waals surface area contributed by atoms with Gasteiger partial charge in [-0.1, -0.05) is 0 Å². The molecule has 1 N–H and O–H groups in total. The van der Waals surface area contributed by atoms with Crippen LogP contribution in [-0.4, -0.2) is 28.9 Å². The van der Waals surface area contributed by atoms with Crippen LogP contribution >= 0.6 is 11.8 Å². The maximum absolute atomic E-state index is 13.9. The third-order valence-electron chi connectivity index (χ3n) is 3.78. The molecule has 22 heavy (non-hydrogen) atoms. The molecule has 9 heteroatoms. The Bertz CT molecular complexity index is 573. The maximum Gasteiger partial charge on any atom is 0.496 e. The number of hydrogen-bond donors (Lipinski definition) is 1. The van der Waals surface area contributed by atoms with Gasteiger partial charge in [0.15, 0.2) is 0 Å². The predicted molar refractivity (Wildman–Crippen MR) is 75.7 cm³/mol. The lowest BCUT2D eigenvalue weighted by molar-refractivity contribution is -0.0329. The summed E-state index contributed by atoms with van der Waals surface area (Å²) < 4.78 is 63.1. The standard InChI is InChI=1S/C13H15BF4O3S/c1-11(2)12(3,4)21-14(20-11)8-5-7(19)6-9(15)10(8)22-13(16,17)18/h5-6,19H,1-4H3. The van der Waals surface area contributed by atoms with Crippen LogP contribution in [0.1, 0.15) is 27.7 Å². The second-order valence-corrected chi connectivity index (χ2v) is 7.06. The van der Waals surface area contributed by atoms with E-state index in [4.69, 9.17) is 9.31 Å². The van der Waals surface area contributed by atoms with Gasteiger partial charge in [-0.05, 0) is 45.5 Å². The van der Waals surface area contributed by atoms with Crippen LogP contribution in [0.2, 0.25) is 0 Å². The molecule has 1 saturated heterocycles. The summed E-state index contributed by atoms with van der Waals surface area (Å²) in [7, 11) is -1.20. The van der Waals surface area contributed by atoms with Crippen LogP contribution in [0, 0.1) is 5.82 Å². The van der Waals surface area contributed by atoms with Crippen molar-refractivity contribution < 1.29 is 32.0 Å². The number of aromatic hydroxyl groups is 1. The Morgan fingerprint density at radius 3 is 2.05 bits per heavy atom. The van der Waals surface area contributed by atoms with Crippen LogP contribution in [0.15, 0.2) is 17.0 Å². The highest BCUT2D eigenvalue weighted by Gasteiger charge is 2.53. The summed E-state index contributed by atoms with van der Waals surface area (Å²) in [6, 6.07) is 1.65. The molecule has 1 aliphatic rings. The van der Waals surface area contributed by atoms with Gasteiger partial charge in [-0.25, -0.2) is 4.39 Å². The molecule has 0 unspecified atom stereocenters. The molecule has 0 aliphatic carbocycles. The lowest BCUT2D eigenvalue weighted by atomic mass is 9.79. The Balaban J connectivity index is 2.47. The molecular weight excluding hydrogens is 323 g/mol. The molecule has 0 saturated carbocycles. The first kappa shape index (κ1) is 17.4. The van der Waals surface area contributed by atoms with Crippen molar-refractivity contribution in [2.45, 2.75) is 49.3 Å². The Kier molecular flexibility index (Phi) is 4.21. The Hall–Kier alpha value is -0.925. The zero-order valence-corrected chi connectivity index (χ0v) is 13.2. The summed E-state index contributed by atoms with van der Waals surface area (Å²) in [6.07, 6.45) is 0. The molecule has 0 amide bonds. The van der Waals surface area contributed by atoms with Crippen molar-refractivity contribution in [3.05, 3.63) is 17.9 Å². The number of phenols is 1. The van der Waals surface area contributed by atoms with Crippen molar-refractivity contribution in [2.24, 2.45) is 0 Å². The second kappa shape index (κ2) is 5.31. The van der Waals surface area contributed by atoms with Crippen molar-refractivity contribution in [1.82, 2.24) is 0 Å². The molecule has 1 fully saturated rings. The molecule has 0 spiro atoms. The summed E-state index contributed by atoms with van der Waals surface area (Å²) in [6.45, 7) is 6.90.